The molecule has 0 radical (unpaired) electrons. The molecule has 25 heavy (non-hydrogen) atoms. The minimum absolute atomic E-state index is 0.302. The molecule has 0 heterocycles. The fourth-order valence-electron chi connectivity index (χ4n) is 2.07. The first-order chi connectivity index (χ1) is 12.1. The summed E-state index contributed by atoms with van der Waals surface area (Å²) >= 11 is 0. The summed E-state index contributed by atoms with van der Waals surface area (Å²) in [6.07, 6.45) is -0.940. The Balaban J connectivity index is 1.72. The number of esters is 1. The third-order valence-corrected chi connectivity index (χ3v) is 3.42. The van der Waals surface area contributed by atoms with Crippen LogP contribution in [0, 0.1) is 0 Å². The van der Waals surface area contributed by atoms with Crippen LogP contribution in [-0.4, -0.2) is 30.4 Å². The standard InChI is InChI=1S/C19H20N2O4/c1-14(18(23)20-12-15-8-4-2-5-9-15)25-17(22)13-21-19(24)16-10-6-3-7-11-16/h2-11,14H,12-13H2,1H3,(H,20,23)(H,21,24)/t14-/m0/s1. The van der Waals surface area contributed by atoms with Crippen LogP contribution in [0.15, 0.2) is 60.7 Å². The quantitative estimate of drug-likeness (QED) is 0.751. The van der Waals surface area contributed by atoms with Gasteiger partial charge in [-0.1, -0.05) is 48.5 Å². The summed E-state index contributed by atoms with van der Waals surface area (Å²) in [6.45, 7) is 1.54. The predicted octanol–water partition coefficient (Wildman–Crippen LogP) is 1.66. The lowest BCUT2D eigenvalue weighted by Gasteiger charge is -2.14. The van der Waals surface area contributed by atoms with Gasteiger partial charge in [-0.05, 0) is 24.6 Å². The van der Waals surface area contributed by atoms with Gasteiger partial charge in [-0.2, -0.15) is 0 Å². The van der Waals surface area contributed by atoms with Crippen molar-refractivity contribution in [3.8, 4) is 0 Å². The smallest absolute Gasteiger partial charge is 0.326 e. The SMILES string of the molecule is C[C@H](OC(=O)CNC(=O)c1ccccc1)C(=O)NCc1ccccc1. The number of nitrogens with one attached hydrogen (secondary N) is 2. The Bertz CT molecular complexity index is 717. The van der Waals surface area contributed by atoms with E-state index >= 15 is 0 Å². The number of benzene rings is 2. The molecule has 0 saturated carbocycles. The molecular formula is C19H20N2O4. The van der Waals surface area contributed by atoms with Gasteiger partial charge in [-0.3, -0.25) is 14.4 Å². The van der Waals surface area contributed by atoms with Gasteiger partial charge in [0.1, 0.15) is 6.54 Å². The highest BCUT2D eigenvalue weighted by Gasteiger charge is 2.18. The molecule has 0 aliphatic carbocycles. The van der Waals surface area contributed by atoms with Crippen LogP contribution in [0.2, 0.25) is 0 Å². The third kappa shape index (κ3) is 6.10. The third-order valence-electron chi connectivity index (χ3n) is 3.42. The lowest BCUT2D eigenvalue weighted by atomic mass is 10.2. The van der Waals surface area contributed by atoms with Crippen LogP contribution in [0.4, 0.5) is 0 Å². The van der Waals surface area contributed by atoms with Crippen LogP contribution in [-0.2, 0) is 20.9 Å². The first-order valence-electron chi connectivity index (χ1n) is 7.90. The number of amides is 2. The van der Waals surface area contributed by atoms with Crippen molar-refractivity contribution >= 4 is 17.8 Å². The van der Waals surface area contributed by atoms with E-state index in [1.54, 1.807) is 30.3 Å². The Kier molecular flexibility index (Phi) is 6.71. The number of hydrogen-bond donors (Lipinski definition) is 2. The maximum absolute atomic E-state index is 11.9. The van der Waals surface area contributed by atoms with Crippen molar-refractivity contribution in [3.05, 3.63) is 71.8 Å². The van der Waals surface area contributed by atoms with E-state index in [-0.39, 0.29) is 12.5 Å². The lowest BCUT2D eigenvalue weighted by Crippen LogP contribution is -2.38. The summed E-state index contributed by atoms with van der Waals surface area (Å²) in [5, 5.41) is 5.15. The largest absolute Gasteiger partial charge is 0.451 e. The molecule has 0 spiro atoms. The van der Waals surface area contributed by atoms with Gasteiger partial charge in [-0.25, -0.2) is 0 Å². The van der Waals surface area contributed by atoms with E-state index in [0.29, 0.717) is 12.1 Å². The molecule has 6 heteroatoms. The van der Waals surface area contributed by atoms with E-state index < -0.39 is 18.0 Å². The van der Waals surface area contributed by atoms with Crippen LogP contribution in [0.1, 0.15) is 22.8 Å². The summed E-state index contributed by atoms with van der Waals surface area (Å²) < 4.78 is 5.02. The molecule has 0 fully saturated rings. The van der Waals surface area contributed by atoms with Crippen molar-refractivity contribution in [2.24, 2.45) is 0 Å². The van der Waals surface area contributed by atoms with Crippen LogP contribution >= 0.6 is 0 Å². The van der Waals surface area contributed by atoms with Crippen LogP contribution in [0.25, 0.3) is 0 Å². The molecule has 1 atom stereocenters. The van der Waals surface area contributed by atoms with E-state index in [2.05, 4.69) is 10.6 Å². The fourth-order valence-corrected chi connectivity index (χ4v) is 2.07. The minimum atomic E-state index is -0.940. The van der Waals surface area contributed by atoms with Crippen molar-refractivity contribution < 1.29 is 19.1 Å². The van der Waals surface area contributed by atoms with E-state index in [0.717, 1.165) is 5.56 Å². The zero-order valence-corrected chi connectivity index (χ0v) is 13.9. The molecule has 0 aromatic heterocycles. The van der Waals surface area contributed by atoms with E-state index in [1.165, 1.54) is 6.92 Å². The summed E-state index contributed by atoms with van der Waals surface area (Å²) in [7, 11) is 0. The lowest BCUT2D eigenvalue weighted by molar-refractivity contribution is -0.153. The second-order valence-electron chi connectivity index (χ2n) is 5.38. The molecule has 2 N–H and O–H groups in total. The molecule has 2 amide bonds. The van der Waals surface area contributed by atoms with Crippen molar-refractivity contribution in [3.63, 3.8) is 0 Å². The normalized spacial score (nSPS) is 11.2. The van der Waals surface area contributed by atoms with Gasteiger partial charge in [-0.15, -0.1) is 0 Å². The Morgan fingerprint density at radius 2 is 1.52 bits per heavy atom. The first kappa shape index (κ1) is 18.2. The zero-order valence-electron chi connectivity index (χ0n) is 13.9. The topological polar surface area (TPSA) is 84.5 Å². The molecule has 0 bridgehead atoms. The highest BCUT2D eigenvalue weighted by Crippen LogP contribution is 2.00. The highest BCUT2D eigenvalue weighted by molar-refractivity contribution is 5.96. The number of rotatable bonds is 7. The van der Waals surface area contributed by atoms with Crippen molar-refractivity contribution in [2.45, 2.75) is 19.6 Å². The van der Waals surface area contributed by atoms with Crippen LogP contribution in [0.3, 0.4) is 0 Å². The number of carbonyl (C=O) groups is 3. The average Bonchev–Trinajstić information content (AvgIpc) is 2.65. The van der Waals surface area contributed by atoms with Crippen molar-refractivity contribution in [2.75, 3.05) is 6.54 Å². The highest BCUT2D eigenvalue weighted by atomic mass is 16.5. The van der Waals surface area contributed by atoms with Gasteiger partial charge in [0, 0.05) is 12.1 Å². The van der Waals surface area contributed by atoms with Gasteiger partial charge >= 0.3 is 5.97 Å². The van der Waals surface area contributed by atoms with Crippen molar-refractivity contribution in [1.29, 1.82) is 0 Å². The molecule has 0 unspecified atom stereocenters. The van der Waals surface area contributed by atoms with E-state index in [4.69, 9.17) is 4.74 Å². The molecule has 2 aromatic carbocycles. The van der Waals surface area contributed by atoms with Gasteiger partial charge < -0.3 is 15.4 Å². The number of carbonyl (C=O) groups excluding carboxylic acids is 3. The van der Waals surface area contributed by atoms with Gasteiger partial charge in [0.05, 0.1) is 0 Å². The van der Waals surface area contributed by atoms with E-state index in [1.807, 2.05) is 30.3 Å². The van der Waals surface area contributed by atoms with Gasteiger partial charge in [0.2, 0.25) is 0 Å². The molecule has 0 aliphatic heterocycles. The van der Waals surface area contributed by atoms with E-state index in [9.17, 15) is 14.4 Å². The van der Waals surface area contributed by atoms with Crippen LogP contribution < -0.4 is 10.6 Å². The van der Waals surface area contributed by atoms with Crippen molar-refractivity contribution in [1.82, 2.24) is 10.6 Å². The zero-order chi connectivity index (χ0) is 18.1. The molecule has 6 nitrogen and oxygen atoms in total. The Labute approximate surface area is 146 Å². The average molecular weight is 340 g/mol. The maximum atomic E-state index is 11.9. The van der Waals surface area contributed by atoms with Gasteiger partial charge in [0.15, 0.2) is 6.10 Å². The number of hydrogen-bond acceptors (Lipinski definition) is 4. The molecule has 2 rings (SSSR count). The Morgan fingerprint density at radius 1 is 0.920 bits per heavy atom. The fraction of sp³-hybridized carbons (Fsp3) is 0.211. The van der Waals surface area contributed by atoms with Crippen LogP contribution in [0.5, 0.6) is 0 Å². The second kappa shape index (κ2) is 9.22. The molecule has 2 aromatic rings. The summed E-state index contributed by atoms with van der Waals surface area (Å²) in [5.41, 5.74) is 1.40. The molecular weight excluding hydrogens is 320 g/mol. The summed E-state index contributed by atoms with van der Waals surface area (Å²) in [6, 6.07) is 17.9. The monoisotopic (exact) mass is 340 g/mol. The first-order valence-corrected chi connectivity index (χ1v) is 7.90. The Morgan fingerprint density at radius 3 is 2.16 bits per heavy atom. The molecule has 0 aliphatic rings. The number of ether oxygens (including phenoxy) is 1. The summed E-state index contributed by atoms with van der Waals surface area (Å²) in [4.78, 5) is 35.5. The predicted molar refractivity (Wildman–Crippen MR) is 92.6 cm³/mol. The molecule has 0 saturated heterocycles. The maximum Gasteiger partial charge on any atom is 0.326 e. The molecule has 130 valence electrons. The Hall–Kier alpha value is -3.15. The minimum Gasteiger partial charge on any atom is -0.451 e. The van der Waals surface area contributed by atoms with Gasteiger partial charge in [0.25, 0.3) is 11.8 Å². The second-order valence-corrected chi connectivity index (χ2v) is 5.38. The summed E-state index contributed by atoms with van der Waals surface area (Å²) in [5.74, 6) is -1.45.